The quantitative estimate of drug-likeness (QED) is 0.535. The van der Waals surface area contributed by atoms with E-state index in [0.717, 1.165) is 15.4 Å². The maximum absolute atomic E-state index is 12.3. The van der Waals surface area contributed by atoms with E-state index in [9.17, 15) is 9.59 Å². The Labute approximate surface area is 167 Å². The molecule has 1 amide bonds. The Bertz CT molecular complexity index is 918. The van der Waals surface area contributed by atoms with E-state index in [2.05, 4.69) is 4.98 Å². The van der Waals surface area contributed by atoms with E-state index in [-0.39, 0.29) is 12.5 Å². The highest BCUT2D eigenvalue weighted by molar-refractivity contribution is 7.17. The van der Waals surface area contributed by atoms with Crippen LogP contribution in [0.5, 0.6) is 0 Å². The van der Waals surface area contributed by atoms with Crippen LogP contribution in [0.25, 0.3) is 10.6 Å². The van der Waals surface area contributed by atoms with E-state index in [1.165, 1.54) is 27.6 Å². The van der Waals surface area contributed by atoms with Gasteiger partial charge in [0.05, 0.1) is 16.6 Å². The number of aryl methyl sites for hydroxylation is 1. The van der Waals surface area contributed by atoms with Gasteiger partial charge in [-0.05, 0) is 30.5 Å². The molecule has 0 saturated carbocycles. The minimum absolute atomic E-state index is 0.275. The Morgan fingerprint density at radius 1 is 1.27 bits per heavy atom. The first-order valence-electron chi connectivity index (χ1n) is 7.59. The molecule has 5 nitrogen and oxygen atoms in total. The number of thiophene rings is 2. The van der Waals surface area contributed by atoms with Crippen LogP contribution in [-0.4, -0.2) is 35.4 Å². The molecule has 0 bridgehead atoms. The number of ether oxygens (including phenoxy) is 1. The van der Waals surface area contributed by atoms with Crippen molar-refractivity contribution in [3.05, 3.63) is 48.7 Å². The van der Waals surface area contributed by atoms with Crippen LogP contribution in [0.15, 0.2) is 29.0 Å². The second kappa shape index (κ2) is 8.30. The number of thiazole rings is 1. The fourth-order valence-corrected chi connectivity index (χ4v) is 4.97. The van der Waals surface area contributed by atoms with E-state index >= 15 is 0 Å². The molecular weight excluding hydrogens is 412 g/mol. The predicted molar refractivity (Wildman–Crippen MR) is 106 cm³/mol. The predicted octanol–water partition coefficient (Wildman–Crippen LogP) is 4.71. The molecule has 3 rings (SSSR count). The first-order chi connectivity index (χ1) is 12.4. The van der Waals surface area contributed by atoms with Gasteiger partial charge in [-0.15, -0.1) is 22.7 Å². The lowest BCUT2D eigenvalue weighted by atomic mass is 10.3. The van der Waals surface area contributed by atoms with Crippen LogP contribution in [0.3, 0.4) is 0 Å². The van der Waals surface area contributed by atoms with Crippen LogP contribution < -0.4 is 0 Å². The fraction of sp³-hybridized carbons (Fsp3) is 0.235. The maximum Gasteiger partial charge on any atom is 0.350 e. The van der Waals surface area contributed by atoms with Crippen LogP contribution >= 0.6 is 45.6 Å². The Hall–Kier alpha value is -1.74. The Morgan fingerprint density at radius 2 is 2.08 bits per heavy atom. The number of aromatic nitrogens is 1. The molecule has 0 N–H and O–H groups in total. The van der Waals surface area contributed by atoms with Crippen LogP contribution in [0, 0.1) is 6.92 Å². The van der Waals surface area contributed by atoms with E-state index in [0.29, 0.717) is 21.5 Å². The lowest BCUT2D eigenvalue weighted by molar-refractivity contribution is -0.133. The van der Waals surface area contributed by atoms with Gasteiger partial charge in [-0.1, -0.05) is 11.6 Å². The second-order valence-corrected chi connectivity index (χ2v) is 9.06. The summed E-state index contributed by atoms with van der Waals surface area (Å²) in [5.41, 5.74) is 1.59. The number of amides is 1. The highest BCUT2D eigenvalue weighted by Crippen LogP contribution is 2.29. The molecule has 0 aliphatic rings. The van der Waals surface area contributed by atoms with Crippen molar-refractivity contribution in [1.29, 1.82) is 0 Å². The number of carbonyl (C=O) groups is 2. The van der Waals surface area contributed by atoms with E-state index < -0.39 is 5.97 Å². The van der Waals surface area contributed by atoms with Gasteiger partial charge in [0.25, 0.3) is 5.91 Å². The van der Waals surface area contributed by atoms with E-state index in [4.69, 9.17) is 16.3 Å². The third-order valence-corrected chi connectivity index (χ3v) is 6.61. The molecule has 9 heteroatoms. The molecule has 0 saturated heterocycles. The molecule has 136 valence electrons. The average molecular weight is 427 g/mol. The molecule has 3 heterocycles. The van der Waals surface area contributed by atoms with Crippen LogP contribution in [0.4, 0.5) is 0 Å². The Morgan fingerprint density at radius 3 is 2.73 bits per heavy atom. The van der Waals surface area contributed by atoms with Gasteiger partial charge in [0.15, 0.2) is 6.61 Å². The second-order valence-electron chi connectivity index (χ2n) is 5.48. The number of likely N-dealkylation sites (N-methyl/N-ethyl adjacent to an activating group) is 1. The number of halogens is 1. The standard InChI is InChI=1S/C17H15ClN2O3S3/c1-10-15(26-16(19-10)11-5-6-24-9-11)17(22)23-8-14(21)20(2)7-12-3-4-13(18)25-12/h3-6,9H,7-8H2,1-2H3. The number of nitrogens with zero attached hydrogens (tertiary/aromatic N) is 2. The zero-order valence-corrected chi connectivity index (χ0v) is 17.2. The van der Waals surface area contributed by atoms with Crippen LogP contribution in [0.2, 0.25) is 4.34 Å². The molecule has 3 aromatic rings. The highest BCUT2D eigenvalue weighted by Gasteiger charge is 2.20. The number of hydrogen-bond donors (Lipinski definition) is 0. The summed E-state index contributed by atoms with van der Waals surface area (Å²) < 4.78 is 5.86. The van der Waals surface area contributed by atoms with Crippen molar-refractivity contribution in [2.75, 3.05) is 13.7 Å². The van der Waals surface area contributed by atoms with E-state index in [1.807, 2.05) is 22.9 Å². The summed E-state index contributed by atoms with van der Waals surface area (Å²) in [6.07, 6.45) is 0. The molecule has 26 heavy (non-hydrogen) atoms. The molecule has 0 unspecified atom stereocenters. The van der Waals surface area contributed by atoms with Crippen LogP contribution in [-0.2, 0) is 16.1 Å². The van der Waals surface area contributed by atoms with Crippen LogP contribution in [0.1, 0.15) is 20.2 Å². The molecule has 0 aliphatic heterocycles. The number of esters is 1. The summed E-state index contributed by atoms with van der Waals surface area (Å²) in [6.45, 7) is 1.88. The van der Waals surface area contributed by atoms with Gasteiger partial charge in [-0.2, -0.15) is 11.3 Å². The van der Waals surface area contributed by atoms with Gasteiger partial charge in [-0.3, -0.25) is 4.79 Å². The molecule has 0 aliphatic carbocycles. The number of hydrogen-bond acceptors (Lipinski definition) is 7. The summed E-state index contributed by atoms with van der Waals surface area (Å²) in [5, 5.41) is 4.70. The summed E-state index contributed by atoms with van der Waals surface area (Å²) in [5.74, 6) is -0.800. The molecule has 0 radical (unpaired) electrons. The normalized spacial score (nSPS) is 10.7. The first-order valence-corrected chi connectivity index (χ1v) is 10.5. The Kier molecular flexibility index (Phi) is 6.08. The topological polar surface area (TPSA) is 59.5 Å². The largest absolute Gasteiger partial charge is 0.451 e. The third kappa shape index (κ3) is 4.50. The molecule has 0 aromatic carbocycles. The fourth-order valence-electron chi connectivity index (χ4n) is 2.16. The zero-order chi connectivity index (χ0) is 18.7. The SMILES string of the molecule is Cc1nc(-c2ccsc2)sc1C(=O)OCC(=O)N(C)Cc1ccc(Cl)s1. The minimum atomic E-state index is -0.526. The van der Waals surface area contributed by atoms with Gasteiger partial charge in [0.2, 0.25) is 0 Å². The highest BCUT2D eigenvalue weighted by atomic mass is 35.5. The first kappa shape index (κ1) is 19.0. The van der Waals surface area contributed by atoms with Gasteiger partial charge < -0.3 is 9.64 Å². The van der Waals surface area contributed by atoms with Gasteiger partial charge in [0, 0.05) is 22.9 Å². The third-order valence-electron chi connectivity index (χ3n) is 3.52. The van der Waals surface area contributed by atoms with Crippen molar-refractivity contribution in [2.45, 2.75) is 13.5 Å². The summed E-state index contributed by atoms with van der Waals surface area (Å²) >= 11 is 10.1. The lowest BCUT2D eigenvalue weighted by Crippen LogP contribution is -2.30. The van der Waals surface area contributed by atoms with E-state index in [1.54, 1.807) is 31.4 Å². The van der Waals surface area contributed by atoms with Gasteiger partial charge in [-0.25, -0.2) is 9.78 Å². The minimum Gasteiger partial charge on any atom is -0.451 e. The monoisotopic (exact) mass is 426 g/mol. The molecule has 0 fully saturated rings. The lowest BCUT2D eigenvalue weighted by Gasteiger charge is -2.15. The number of rotatable bonds is 6. The molecule has 3 aromatic heterocycles. The van der Waals surface area contributed by atoms with Crippen molar-refractivity contribution < 1.29 is 14.3 Å². The average Bonchev–Trinajstić information content (AvgIpc) is 3.33. The van der Waals surface area contributed by atoms with Crippen molar-refractivity contribution in [3.8, 4) is 10.6 Å². The summed E-state index contributed by atoms with van der Waals surface area (Å²) in [4.78, 5) is 31.8. The summed E-state index contributed by atoms with van der Waals surface area (Å²) in [6, 6.07) is 5.61. The van der Waals surface area contributed by atoms with Crippen molar-refractivity contribution in [2.24, 2.45) is 0 Å². The smallest absolute Gasteiger partial charge is 0.350 e. The molecular formula is C17H15ClN2O3S3. The van der Waals surface area contributed by atoms with Crippen molar-refractivity contribution in [1.82, 2.24) is 9.88 Å². The number of carbonyl (C=O) groups excluding carboxylic acids is 2. The van der Waals surface area contributed by atoms with Crippen molar-refractivity contribution in [3.63, 3.8) is 0 Å². The van der Waals surface area contributed by atoms with Gasteiger partial charge in [0.1, 0.15) is 9.88 Å². The van der Waals surface area contributed by atoms with Crippen molar-refractivity contribution >= 4 is 57.5 Å². The summed E-state index contributed by atoms with van der Waals surface area (Å²) in [7, 11) is 1.66. The molecule has 0 spiro atoms. The zero-order valence-electron chi connectivity index (χ0n) is 14.0. The van der Waals surface area contributed by atoms with Gasteiger partial charge >= 0.3 is 5.97 Å². The molecule has 0 atom stereocenters. The maximum atomic E-state index is 12.3. The Balaban J connectivity index is 1.57.